The molecule has 3 rings (SSSR count). The van der Waals surface area contributed by atoms with Crippen molar-refractivity contribution in [1.29, 1.82) is 0 Å². The van der Waals surface area contributed by atoms with Crippen LogP contribution in [0.1, 0.15) is 16.5 Å². The minimum atomic E-state index is -1.51. The fraction of sp³-hybridized carbons (Fsp3) is 0.188. The first-order valence-corrected chi connectivity index (χ1v) is 8.18. The second-order valence-corrected chi connectivity index (χ2v) is 6.61. The maximum atomic E-state index is 13.3. The van der Waals surface area contributed by atoms with Crippen LogP contribution in [0.15, 0.2) is 36.4 Å². The smallest absolute Gasteiger partial charge is 0.234 e. The summed E-state index contributed by atoms with van der Waals surface area (Å²) in [6.45, 7) is 0.00719. The molecular formula is C16H11ClF3NOS. The predicted molar refractivity (Wildman–Crippen MR) is 83.5 cm³/mol. The van der Waals surface area contributed by atoms with E-state index in [0.717, 1.165) is 17.7 Å². The van der Waals surface area contributed by atoms with Crippen molar-refractivity contribution in [2.45, 2.75) is 11.9 Å². The second-order valence-electron chi connectivity index (χ2n) is 5.11. The van der Waals surface area contributed by atoms with E-state index in [4.69, 9.17) is 11.6 Å². The normalized spacial score (nSPS) is 17.8. The van der Waals surface area contributed by atoms with E-state index in [1.807, 2.05) is 0 Å². The summed E-state index contributed by atoms with van der Waals surface area (Å²) in [5.41, 5.74) is 1.07. The monoisotopic (exact) mass is 357 g/mol. The fourth-order valence-electron chi connectivity index (χ4n) is 2.42. The van der Waals surface area contributed by atoms with Gasteiger partial charge in [0.2, 0.25) is 5.91 Å². The molecule has 1 amide bonds. The highest BCUT2D eigenvalue weighted by Gasteiger charge is 2.33. The van der Waals surface area contributed by atoms with E-state index in [1.165, 1.54) is 16.7 Å². The van der Waals surface area contributed by atoms with Gasteiger partial charge in [-0.1, -0.05) is 23.7 Å². The van der Waals surface area contributed by atoms with Crippen LogP contribution < -0.4 is 0 Å². The number of benzene rings is 2. The molecule has 0 aliphatic carbocycles. The number of halogens is 4. The van der Waals surface area contributed by atoms with E-state index >= 15 is 0 Å². The molecule has 1 unspecified atom stereocenters. The lowest BCUT2D eigenvalue weighted by atomic mass is 10.1. The summed E-state index contributed by atoms with van der Waals surface area (Å²) in [6.07, 6.45) is 0. The summed E-state index contributed by atoms with van der Waals surface area (Å²) in [4.78, 5) is 13.6. The molecule has 1 fully saturated rings. The molecule has 2 aromatic rings. The summed E-state index contributed by atoms with van der Waals surface area (Å²) in [6, 6.07) is 8.86. The van der Waals surface area contributed by atoms with Crippen molar-refractivity contribution in [3.63, 3.8) is 0 Å². The van der Waals surface area contributed by atoms with Crippen LogP contribution in [0, 0.1) is 17.5 Å². The molecule has 120 valence electrons. The van der Waals surface area contributed by atoms with E-state index in [1.54, 1.807) is 24.3 Å². The quantitative estimate of drug-likeness (QED) is 0.752. The Bertz CT molecular complexity index is 730. The van der Waals surface area contributed by atoms with Gasteiger partial charge in [-0.15, -0.1) is 11.8 Å². The van der Waals surface area contributed by atoms with Crippen molar-refractivity contribution in [3.8, 4) is 0 Å². The molecule has 1 saturated heterocycles. The number of amides is 1. The van der Waals surface area contributed by atoms with Gasteiger partial charge in [0.25, 0.3) is 0 Å². The van der Waals surface area contributed by atoms with Crippen molar-refractivity contribution in [1.82, 2.24) is 4.90 Å². The summed E-state index contributed by atoms with van der Waals surface area (Å²) in [5.74, 6) is -3.89. The minimum absolute atomic E-state index is 0.00719. The molecule has 0 spiro atoms. The Hall–Kier alpha value is -1.66. The van der Waals surface area contributed by atoms with Crippen molar-refractivity contribution >= 4 is 29.3 Å². The average Bonchev–Trinajstić information content (AvgIpc) is 2.87. The van der Waals surface area contributed by atoms with Crippen LogP contribution in [0.25, 0.3) is 0 Å². The zero-order chi connectivity index (χ0) is 16.6. The van der Waals surface area contributed by atoms with Crippen molar-refractivity contribution < 1.29 is 18.0 Å². The van der Waals surface area contributed by atoms with Gasteiger partial charge in [-0.05, 0) is 35.4 Å². The molecule has 0 bridgehead atoms. The number of rotatable bonds is 3. The van der Waals surface area contributed by atoms with Crippen LogP contribution in [-0.2, 0) is 11.3 Å². The molecule has 1 aliphatic rings. The Morgan fingerprint density at radius 2 is 1.74 bits per heavy atom. The molecule has 1 atom stereocenters. The first kappa shape index (κ1) is 16.2. The molecule has 2 nitrogen and oxygen atoms in total. The fourth-order valence-corrected chi connectivity index (χ4v) is 3.74. The summed E-state index contributed by atoms with van der Waals surface area (Å²) in [5, 5.41) is 0.313. The predicted octanol–water partition coefficient (Wildman–Crippen LogP) is 4.53. The van der Waals surface area contributed by atoms with Crippen LogP contribution in [0.3, 0.4) is 0 Å². The summed E-state index contributed by atoms with van der Waals surface area (Å²) >= 11 is 7.28. The third-order valence-corrected chi connectivity index (χ3v) is 5.03. The topological polar surface area (TPSA) is 20.3 Å². The van der Waals surface area contributed by atoms with E-state index in [2.05, 4.69) is 0 Å². The first-order chi connectivity index (χ1) is 11.0. The van der Waals surface area contributed by atoms with Crippen LogP contribution >= 0.6 is 23.4 Å². The molecule has 23 heavy (non-hydrogen) atoms. The molecule has 0 saturated carbocycles. The zero-order valence-electron chi connectivity index (χ0n) is 11.7. The van der Waals surface area contributed by atoms with Crippen molar-refractivity contribution in [2.75, 3.05) is 5.75 Å². The van der Waals surface area contributed by atoms with Gasteiger partial charge in [0.1, 0.15) is 5.37 Å². The second kappa shape index (κ2) is 6.45. The van der Waals surface area contributed by atoms with Gasteiger partial charge in [-0.2, -0.15) is 0 Å². The minimum Gasteiger partial charge on any atom is -0.322 e. The van der Waals surface area contributed by atoms with Crippen molar-refractivity contribution in [3.05, 3.63) is 70.0 Å². The van der Waals surface area contributed by atoms with Gasteiger partial charge in [0.05, 0.1) is 5.75 Å². The van der Waals surface area contributed by atoms with E-state index in [9.17, 15) is 18.0 Å². The molecule has 0 N–H and O–H groups in total. The van der Waals surface area contributed by atoms with Gasteiger partial charge < -0.3 is 4.90 Å². The Morgan fingerprint density at radius 1 is 1.13 bits per heavy atom. The number of thioether (sulfide) groups is 1. The maximum Gasteiger partial charge on any atom is 0.234 e. The van der Waals surface area contributed by atoms with Crippen LogP contribution in [0.2, 0.25) is 5.02 Å². The Balaban J connectivity index is 1.87. The Kier molecular flexibility index (Phi) is 4.55. The maximum absolute atomic E-state index is 13.3. The van der Waals surface area contributed by atoms with Gasteiger partial charge in [-0.25, -0.2) is 13.2 Å². The number of carbonyl (C=O) groups is 1. The van der Waals surface area contributed by atoms with Crippen molar-refractivity contribution in [2.24, 2.45) is 0 Å². The third kappa shape index (κ3) is 3.33. The highest BCUT2D eigenvalue weighted by molar-refractivity contribution is 8.00. The van der Waals surface area contributed by atoms with Crippen LogP contribution in [0.5, 0.6) is 0 Å². The van der Waals surface area contributed by atoms with Gasteiger partial charge in [0.15, 0.2) is 17.5 Å². The Labute approximate surface area is 140 Å². The number of carbonyl (C=O) groups excluding carboxylic acids is 1. The van der Waals surface area contributed by atoms with Crippen LogP contribution in [0.4, 0.5) is 13.2 Å². The number of hydrogen-bond acceptors (Lipinski definition) is 2. The lowest BCUT2D eigenvalue weighted by molar-refractivity contribution is -0.128. The lowest BCUT2D eigenvalue weighted by Gasteiger charge is -2.24. The van der Waals surface area contributed by atoms with E-state index < -0.39 is 17.5 Å². The third-order valence-electron chi connectivity index (χ3n) is 3.52. The SMILES string of the molecule is O=C1CSC(c2ccc(Cl)cc2)N1Cc1cc(F)c(F)c(F)c1. The molecule has 2 aromatic carbocycles. The summed E-state index contributed by atoms with van der Waals surface area (Å²) < 4.78 is 39.7. The largest absolute Gasteiger partial charge is 0.322 e. The molecule has 1 heterocycles. The standard InChI is InChI=1S/C16H11ClF3NOS/c17-11-3-1-10(2-4-11)16-21(14(22)8-23-16)7-9-5-12(18)15(20)13(19)6-9/h1-6,16H,7-8H2. The molecule has 0 radical (unpaired) electrons. The van der Waals surface area contributed by atoms with Gasteiger partial charge in [0, 0.05) is 11.6 Å². The molecule has 0 aromatic heterocycles. The van der Waals surface area contributed by atoms with Gasteiger partial charge in [-0.3, -0.25) is 4.79 Å². The Morgan fingerprint density at radius 3 is 2.35 bits per heavy atom. The number of nitrogens with zero attached hydrogens (tertiary/aromatic N) is 1. The highest BCUT2D eigenvalue weighted by Crippen LogP contribution is 2.39. The molecular weight excluding hydrogens is 347 g/mol. The number of hydrogen-bond donors (Lipinski definition) is 0. The van der Waals surface area contributed by atoms with E-state index in [-0.39, 0.29) is 29.1 Å². The lowest BCUT2D eigenvalue weighted by Crippen LogP contribution is -2.27. The summed E-state index contributed by atoms with van der Waals surface area (Å²) in [7, 11) is 0. The molecule has 7 heteroatoms. The average molecular weight is 358 g/mol. The zero-order valence-corrected chi connectivity index (χ0v) is 13.3. The van der Waals surface area contributed by atoms with E-state index in [0.29, 0.717) is 5.02 Å². The highest BCUT2D eigenvalue weighted by atomic mass is 35.5. The first-order valence-electron chi connectivity index (χ1n) is 6.75. The van der Waals surface area contributed by atoms with Gasteiger partial charge >= 0.3 is 0 Å². The van der Waals surface area contributed by atoms with Crippen LogP contribution in [-0.4, -0.2) is 16.6 Å². The molecule has 1 aliphatic heterocycles.